The number of terminal acetylenes is 1. The molecule has 0 radical (unpaired) electrons. The van der Waals surface area contributed by atoms with Gasteiger partial charge in [0.15, 0.2) is 0 Å². The van der Waals surface area contributed by atoms with E-state index in [1.165, 1.54) is 0 Å². The van der Waals surface area contributed by atoms with Crippen LogP contribution in [0, 0.1) is 12.3 Å². The first-order valence-electron chi connectivity index (χ1n) is 5.12. The molecule has 2 rings (SSSR count). The van der Waals surface area contributed by atoms with Gasteiger partial charge in [-0.25, -0.2) is 4.79 Å². The molecule has 0 unspecified atom stereocenters. The summed E-state index contributed by atoms with van der Waals surface area (Å²) in [6.07, 6.45) is 5.32. The molecule has 0 amide bonds. The van der Waals surface area contributed by atoms with Crippen molar-refractivity contribution in [3.8, 4) is 23.5 Å². The van der Waals surface area contributed by atoms with Gasteiger partial charge in [-0.05, 0) is 17.2 Å². The number of benzene rings is 2. The fourth-order valence-corrected chi connectivity index (χ4v) is 1.76. The van der Waals surface area contributed by atoms with Crippen molar-refractivity contribution in [2.45, 2.75) is 0 Å². The fourth-order valence-electron chi connectivity index (χ4n) is 1.76. The lowest BCUT2D eigenvalue weighted by Crippen LogP contribution is -2.03. The molecule has 2 heteroatoms. The third-order valence-corrected chi connectivity index (χ3v) is 2.52. The average molecular weight is 222 g/mol. The Morgan fingerprint density at radius 2 is 1.76 bits per heavy atom. The Hall–Kier alpha value is -2.53. The van der Waals surface area contributed by atoms with Crippen molar-refractivity contribution >= 4 is 5.97 Å². The van der Waals surface area contributed by atoms with E-state index in [0.717, 1.165) is 5.56 Å². The van der Waals surface area contributed by atoms with Crippen LogP contribution < -0.4 is 0 Å². The Balaban J connectivity index is 2.71. The first kappa shape index (κ1) is 11.0. The van der Waals surface area contributed by atoms with E-state index in [4.69, 9.17) is 6.42 Å². The number of hydrogen-bond donors (Lipinski definition) is 1. The smallest absolute Gasteiger partial charge is 0.337 e. The summed E-state index contributed by atoms with van der Waals surface area (Å²) in [5, 5.41) is 9.24. The van der Waals surface area contributed by atoms with Gasteiger partial charge in [0, 0.05) is 5.56 Å². The van der Waals surface area contributed by atoms with Crippen LogP contribution in [-0.2, 0) is 0 Å². The Bertz CT molecular complexity index is 592. The molecule has 0 aromatic heterocycles. The van der Waals surface area contributed by atoms with Crippen LogP contribution in [0.15, 0.2) is 48.5 Å². The number of carbonyl (C=O) groups is 1. The van der Waals surface area contributed by atoms with Crippen LogP contribution in [0.2, 0.25) is 0 Å². The molecule has 0 saturated carbocycles. The van der Waals surface area contributed by atoms with Gasteiger partial charge >= 0.3 is 5.97 Å². The molecule has 0 atom stereocenters. The molecule has 2 nitrogen and oxygen atoms in total. The molecule has 1 N–H and O–H groups in total. The second-order valence-corrected chi connectivity index (χ2v) is 3.54. The standard InChI is InChI=1S/C15H10O2/c1-2-11-9-6-10-13(14(11)15(16)17)12-7-4-3-5-8-12/h1,3-10H,(H,16,17). The Morgan fingerprint density at radius 1 is 1.06 bits per heavy atom. The SMILES string of the molecule is C#Cc1cccc(-c2ccccc2)c1C(=O)O. The molecule has 2 aromatic rings. The number of hydrogen-bond acceptors (Lipinski definition) is 1. The van der Waals surface area contributed by atoms with Gasteiger partial charge in [0.05, 0.1) is 5.56 Å². The Morgan fingerprint density at radius 3 is 2.35 bits per heavy atom. The van der Waals surface area contributed by atoms with Crippen LogP contribution >= 0.6 is 0 Å². The maximum atomic E-state index is 11.3. The molecular formula is C15H10O2. The van der Waals surface area contributed by atoms with E-state index in [2.05, 4.69) is 5.92 Å². The van der Waals surface area contributed by atoms with Gasteiger partial charge in [0.2, 0.25) is 0 Å². The maximum absolute atomic E-state index is 11.3. The molecule has 0 fully saturated rings. The molecule has 2 aromatic carbocycles. The van der Waals surface area contributed by atoms with E-state index in [1.807, 2.05) is 30.3 Å². The molecule has 0 spiro atoms. The summed E-state index contributed by atoms with van der Waals surface area (Å²) in [5.74, 6) is 1.40. The van der Waals surface area contributed by atoms with Crippen molar-refractivity contribution in [1.29, 1.82) is 0 Å². The van der Waals surface area contributed by atoms with E-state index < -0.39 is 5.97 Å². The topological polar surface area (TPSA) is 37.3 Å². The van der Waals surface area contributed by atoms with E-state index in [0.29, 0.717) is 11.1 Å². The van der Waals surface area contributed by atoms with Crippen LogP contribution in [0.25, 0.3) is 11.1 Å². The molecule has 0 aliphatic heterocycles. The van der Waals surface area contributed by atoms with Crippen molar-refractivity contribution in [2.24, 2.45) is 0 Å². The minimum absolute atomic E-state index is 0.182. The zero-order valence-corrected chi connectivity index (χ0v) is 9.05. The molecule has 0 aliphatic carbocycles. The van der Waals surface area contributed by atoms with Crippen LogP contribution in [0.5, 0.6) is 0 Å². The van der Waals surface area contributed by atoms with Gasteiger partial charge in [0.1, 0.15) is 0 Å². The van der Waals surface area contributed by atoms with Crippen molar-refractivity contribution in [2.75, 3.05) is 0 Å². The number of rotatable bonds is 2. The summed E-state index contributed by atoms with van der Waals surface area (Å²) in [5.41, 5.74) is 2.08. The zero-order valence-electron chi connectivity index (χ0n) is 9.05. The monoisotopic (exact) mass is 222 g/mol. The van der Waals surface area contributed by atoms with E-state index in [1.54, 1.807) is 18.2 Å². The summed E-state index contributed by atoms with van der Waals surface area (Å²) >= 11 is 0. The van der Waals surface area contributed by atoms with Crippen molar-refractivity contribution in [3.63, 3.8) is 0 Å². The van der Waals surface area contributed by atoms with Gasteiger partial charge < -0.3 is 5.11 Å². The van der Waals surface area contributed by atoms with Crippen LogP contribution in [-0.4, -0.2) is 11.1 Å². The fraction of sp³-hybridized carbons (Fsp3) is 0. The molecular weight excluding hydrogens is 212 g/mol. The van der Waals surface area contributed by atoms with Crippen molar-refractivity contribution < 1.29 is 9.90 Å². The van der Waals surface area contributed by atoms with Crippen LogP contribution in [0.4, 0.5) is 0 Å². The third kappa shape index (κ3) is 2.04. The second kappa shape index (κ2) is 4.54. The molecule has 0 bridgehead atoms. The van der Waals surface area contributed by atoms with Gasteiger partial charge in [-0.15, -0.1) is 6.42 Å². The lowest BCUT2D eigenvalue weighted by Gasteiger charge is -2.08. The van der Waals surface area contributed by atoms with Crippen LogP contribution in [0.3, 0.4) is 0 Å². The maximum Gasteiger partial charge on any atom is 0.337 e. The quantitative estimate of drug-likeness (QED) is 0.793. The third-order valence-electron chi connectivity index (χ3n) is 2.52. The number of carboxylic acids is 1. The normalized spacial score (nSPS) is 9.59. The van der Waals surface area contributed by atoms with Gasteiger partial charge in [-0.3, -0.25) is 0 Å². The van der Waals surface area contributed by atoms with E-state index in [9.17, 15) is 9.90 Å². The number of carboxylic acid groups (broad SMARTS) is 1. The predicted octanol–water partition coefficient (Wildman–Crippen LogP) is 3.03. The minimum atomic E-state index is -1.00. The Kier molecular flexibility index (Phi) is 2.93. The van der Waals surface area contributed by atoms with Crippen LogP contribution in [0.1, 0.15) is 15.9 Å². The molecule has 17 heavy (non-hydrogen) atoms. The average Bonchev–Trinajstić information content (AvgIpc) is 2.38. The summed E-state index contributed by atoms with van der Waals surface area (Å²) in [4.78, 5) is 11.3. The second-order valence-electron chi connectivity index (χ2n) is 3.54. The highest BCUT2D eigenvalue weighted by Crippen LogP contribution is 2.25. The molecule has 0 aliphatic rings. The highest BCUT2D eigenvalue weighted by Gasteiger charge is 2.14. The van der Waals surface area contributed by atoms with E-state index in [-0.39, 0.29) is 5.56 Å². The van der Waals surface area contributed by atoms with Gasteiger partial charge in [-0.1, -0.05) is 48.4 Å². The molecule has 82 valence electrons. The summed E-state index contributed by atoms with van der Waals surface area (Å²) in [6, 6.07) is 14.5. The zero-order chi connectivity index (χ0) is 12.3. The lowest BCUT2D eigenvalue weighted by molar-refractivity contribution is 0.0697. The molecule has 0 saturated heterocycles. The predicted molar refractivity (Wildman–Crippen MR) is 66.8 cm³/mol. The summed E-state index contributed by atoms with van der Waals surface area (Å²) in [7, 11) is 0. The van der Waals surface area contributed by atoms with E-state index >= 15 is 0 Å². The number of aromatic carboxylic acids is 1. The van der Waals surface area contributed by atoms with Crippen molar-refractivity contribution in [1.82, 2.24) is 0 Å². The van der Waals surface area contributed by atoms with Crippen molar-refractivity contribution in [3.05, 3.63) is 59.7 Å². The highest BCUT2D eigenvalue weighted by atomic mass is 16.4. The lowest BCUT2D eigenvalue weighted by atomic mass is 9.96. The Labute approximate surface area is 99.5 Å². The first-order chi connectivity index (χ1) is 8.24. The molecule has 0 heterocycles. The summed E-state index contributed by atoms with van der Waals surface area (Å²) in [6.45, 7) is 0. The van der Waals surface area contributed by atoms with Gasteiger partial charge in [-0.2, -0.15) is 0 Å². The highest BCUT2D eigenvalue weighted by molar-refractivity contribution is 5.98. The summed E-state index contributed by atoms with van der Waals surface area (Å²) < 4.78 is 0. The largest absolute Gasteiger partial charge is 0.478 e. The first-order valence-corrected chi connectivity index (χ1v) is 5.12. The minimum Gasteiger partial charge on any atom is -0.478 e. The van der Waals surface area contributed by atoms with Gasteiger partial charge in [0.25, 0.3) is 0 Å².